The lowest BCUT2D eigenvalue weighted by molar-refractivity contribution is -0.384. The van der Waals surface area contributed by atoms with Crippen LogP contribution >= 0.6 is 0 Å². The fraction of sp³-hybridized carbons (Fsp3) is 0.250. The van der Waals surface area contributed by atoms with Crippen LogP contribution in [0.5, 0.6) is 0 Å². The van der Waals surface area contributed by atoms with Crippen molar-refractivity contribution in [2.45, 2.75) is 19.8 Å². The largest absolute Gasteiger partial charge is 0.355 e. The van der Waals surface area contributed by atoms with Gasteiger partial charge in [0.1, 0.15) is 5.82 Å². The van der Waals surface area contributed by atoms with Crippen LogP contribution in [0.2, 0.25) is 0 Å². The number of aromatic nitrogens is 2. The third-order valence-electron chi connectivity index (χ3n) is 4.86. The molecule has 1 fully saturated rings. The van der Waals surface area contributed by atoms with Gasteiger partial charge in [-0.3, -0.25) is 10.1 Å². The number of pyridine rings is 1. The van der Waals surface area contributed by atoms with Crippen LogP contribution < -0.4 is 4.90 Å². The van der Waals surface area contributed by atoms with E-state index in [4.69, 9.17) is 0 Å². The second-order valence-corrected chi connectivity index (χ2v) is 6.80. The fourth-order valence-electron chi connectivity index (χ4n) is 3.48. The van der Waals surface area contributed by atoms with E-state index >= 15 is 0 Å². The van der Waals surface area contributed by atoms with Crippen molar-refractivity contribution >= 4 is 28.5 Å². The third-order valence-corrected chi connectivity index (χ3v) is 4.86. The van der Waals surface area contributed by atoms with Crippen LogP contribution in [0, 0.1) is 22.9 Å². The topological polar surface area (TPSA) is 75.1 Å². The number of rotatable bonds is 3. The Kier molecular flexibility index (Phi) is 4.35. The van der Waals surface area contributed by atoms with Gasteiger partial charge in [0.15, 0.2) is 0 Å². The second-order valence-electron chi connectivity index (χ2n) is 6.80. The van der Waals surface area contributed by atoms with Crippen molar-refractivity contribution in [3.8, 4) is 0 Å². The lowest BCUT2D eigenvalue weighted by atomic mass is 10.0. The molecular formula is C20H19FN4O2. The number of fused-ring (bicyclic) bond motifs is 1. The van der Waals surface area contributed by atoms with Gasteiger partial charge >= 0.3 is 5.69 Å². The van der Waals surface area contributed by atoms with Crippen LogP contribution in [-0.2, 0) is 0 Å². The molecular weight excluding hydrogens is 347 g/mol. The number of nitro groups is 1. The first kappa shape index (κ1) is 17.2. The van der Waals surface area contributed by atoms with E-state index < -0.39 is 0 Å². The first-order valence-corrected chi connectivity index (χ1v) is 8.84. The molecule has 4 rings (SSSR count). The number of nitrogens with one attached hydrogen (secondary N) is 1. The molecule has 0 saturated carbocycles. The van der Waals surface area contributed by atoms with E-state index in [-0.39, 0.29) is 16.4 Å². The minimum atomic E-state index is -0.378. The Bertz CT molecular complexity index is 1050. The number of H-pyrrole nitrogens is 1. The van der Waals surface area contributed by atoms with E-state index in [9.17, 15) is 14.5 Å². The van der Waals surface area contributed by atoms with Gasteiger partial charge in [-0.15, -0.1) is 0 Å². The standard InChI is InChI=1S/C20H19FN4O2/c1-13-2-5-19(25(26)27)20(22-13)24-8-6-14(7-9-24)10-17-11-15-3-4-16(21)12-18(15)23-17/h2-5,10-12,23H,6-9H2,1H3. The maximum atomic E-state index is 13.3. The van der Waals surface area contributed by atoms with E-state index in [0.717, 1.165) is 35.1 Å². The number of halogens is 1. The summed E-state index contributed by atoms with van der Waals surface area (Å²) in [4.78, 5) is 20.5. The van der Waals surface area contributed by atoms with Crippen molar-refractivity contribution in [3.63, 3.8) is 0 Å². The van der Waals surface area contributed by atoms with Crippen LogP contribution in [-0.4, -0.2) is 28.0 Å². The smallest absolute Gasteiger partial charge is 0.311 e. The zero-order chi connectivity index (χ0) is 19.0. The van der Waals surface area contributed by atoms with Gasteiger partial charge in [-0.05, 0) is 56.2 Å². The summed E-state index contributed by atoms with van der Waals surface area (Å²) in [5.41, 5.74) is 3.79. The summed E-state index contributed by atoms with van der Waals surface area (Å²) in [6.45, 7) is 3.19. The molecule has 1 aliphatic heterocycles. The minimum Gasteiger partial charge on any atom is -0.355 e. The highest BCUT2D eigenvalue weighted by atomic mass is 19.1. The van der Waals surface area contributed by atoms with Crippen molar-refractivity contribution in [2.24, 2.45) is 0 Å². The lowest BCUT2D eigenvalue weighted by Crippen LogP contribution is -2.32. The van der Waals surface area contributed by atoms with E-state index in [2.05, 4.69) is 16.0 Å². The van der Waals surface area contributed by atoms with Crippen LogP contribution in [0.25, 0.3) is 17.0 Å². The van der Waals surface area contributed by atoms with Gasteiger partial charge in [0.05, 0.1) is 4.92 Å². The monoisotopic (exact) mass is 366 g/mol. The molecule has 0 atom stereocenters. The number of benzene rings is 1. The van der Waals surface area contributed by atoms with Gasteiger partial charge in [0.25, 0.3) is 0 Å². The van der Waals surface area contributed by atoms with Crippen molar-refractivity contribution in [1.82, 2.24) is 9.97 Å². The number of aromatic amines is 1. The van der Waals surface area contributed by atoms with Crippen molar-refractivity contribution in [1.29, 1.82) is 0 Å². The van der Waals surface area contributed by atoms with Gasteiger partial charge in [-0.2, -0.15) is 0 Å². The van der Waals surface area contributed by atoms with Crippen LogP contribution in [0.15, 0.2) is 42.0 Å². The molecule has 0 unspecified atom stereocenters. The quantitative estimate of drug-likeness (QED) is 0.543. The second kappa shape index (κ2) is 6.83. The summed E-state index contributed by atoms with van der Waals surface area (Å²) in [6, 6.07) is 9.88. The fourth-order valence-corrected chi connectivity index (χ4v) is 3.48. The Balaban J connectivity index is 1.52. The highest BCUT2D eigenvalue weighted by molar-refractivity contribution is 5.82. The molecule has 7 heteroatoms. The molecule has 1 N–H and O–H groups in total. The summed E-state index contributed by atoms with van der Waals surface area (Å²) in [5.74, 6) is 0.184. The molecule has 6 nitrogen and oxygen atoms in total. The number of piperidine rings is 1. The van der Waals surface area contributed by atoms with E-state index in [1.165, 1.54) is 23.8 Å². The summed E-state index contributed by atoms with van der Waals surface area (Å²) in [7, 11) is 0. The van der Waals surface area contributed by atoms with Crippen LogP contribution in [0.4, 0.5) is 15.9 Å². The van der Waals surface area contributed by atoms with Gasteiger partial charge < -0.3 is 9.88 Å². The van der Waals surface area contributed by atoms with Crippen molar-refractivity contribution in [2.75, 3.05) is 18.0 Å². The summed E-state index contributed by atoms with van der Waals surface area (Å²) in [5, 5.41) is 12.3. The molecule has 1 aliphatic rings. The Hall–Kier alpha value is -3.22. The highest BCUT2D eigenvalue weighted by Crippen LogP contribution is 2.30. The molecule has 3 aromatic rings. The van der Waals surface area contributed by atoms with Gasteiger partial charge in [-0.1, -0.05) is 5.57 Å². The minimum absolute atomic E-state index is 0.0469. The molecule has 0 amide bonds. The van der Waals surface area contributed by atoms with E-state index in [1.54, 1.807) is 12.1 Å². The summed E-state index contributed by atoms with van der Waals surface area (Å²) in [6.07, 6.45) is 3.69. The molecule has 3 heterocycles. The molecule has 0 aliphatic carbocycles. The number of anilines is 1. The summed E-state index contributed by atoms with van der Waals surface area (Å²) >= 11 is 0. The molecule has 0 radical (unpaired) electrons. The van der Waals surface area contributed by atoms with Crippen LogP contribution in [0.1, 0.15) is 24.2 Å². The number of hydrogen-bond acceptors (Lipinski definition) is 4. The molecule has 1 saturated heterocycles. The van der Waals surface area contributed by atoms with Gasteiger partial charge in [0.2, 0.25) is 5.82 Å². The van der Waals surface area contributed by atoms with Crippen LogP contribution in [0.3, 0.4) is 0 Å². The Morgan fingerprint density at radius 2 is 2.00 bits per heavy atom. The Morgan fingerprint density at radius 1 is 1.22 bits per heavy atom. The maximum absolute atomic E-state index is 13.3. The lowest BCUT2D eigenvalue weighted by Gasteiger charge is -2.29. The SMILES string of the molecule is Cc1ccc([N+](=O)[O-])c(N2CCC(=Cc3cc4ccc(F)cc4[nH]3)CC2)n1. The number of aryl methyl sites for hydroxylation is 1. The predicted octanol–water partition coefficient (Wildman–Crippen LogP) is 4.60. The van der Waals surface area contributed by atoms with Gasteiger partial charge in [0, 0.05) is 41.4 Å². The zero-order valence-corrected chi connectivity index (χ0v) is 14.9. The molecule has 0 spiro atoms. The molecule has 1 aromatic carbocycles. The average molecular weight is 366 g/mol. The van der Waals surface area contributed by atoms with Crippen molar-refractivity contribution < 1.29 is 9.31 Å². The summed E-state index contributed by atoms with van der Waals surface area (Å²) < 4.78 is 13.3. The van der Waals surface area contributed by atoms with Gasteiger partial charge in [-0.25, -0.2) is 9.37 Å². The third kappa shape index (κ3) is 3.53. The molecule has 27 heavy (non-hydrogen) atoms. The zero-order valence-electron chi connectivity index (χ0n) is 14.9. The first-order chi connectivity index (χ1) is 13.0. The average Bonchev–Trinajstić information content (AvgIpc) is 3.03. The number of nitrogens with zero attached hydrogens (tertiary/aromatic N) is 3. The molecule has 2 aromatic heterocycles. The number of hydrogen-bond donors (Lipinski definition) is 1. The van der Waals surface area contributed by atoms with E-state index in [1.807, 2.05) is 17.9 Å². The predicted molar refractivity (Wildman–Crippen MR) is 103 cm³/mol. The molecule has 0 bridgehead atoms. The highest BCUT2D eigenvalue weighted by Gasteiger charge is 2.24. The van der Waals surface area contributed by atoms with E-state index in [0.29, 0.717) is 18.9 Å². The normalized spacial score (nSPS) is 14.6. The first-order valence-electron chi connectivity index (χ1n) is 8.84. The Labute approximate surface area is 155 Å². The maximum Gasteiger partial charge on any atom is 0.311 e. The Morgan fingerprint density at radius 3 is 2.74 bits per heavy atom. The molecule has 138 valence electrons. The van der Waals surface area contributed by atoms with Crippen molar-refractivity contribution in [3.05, 3.63) is 69.3 Å².